The van der Waals surface area contributed by atoms with E-state index in [-0.39, 0.29) is 29.5 Å². The molecule has 7 nitrogen and oxygen atoms in total. The minimum absolute atomic E-state index is 0.00329. The molecule has 116 valence electrons. The zero-order chi connectivity index (χ0) is 15.3. The molecular weight excluding hydrogens is 296 g/mol. The van der Waals surface area contributed by atoms with Gasteiger partial charge >= 0.3 is 0 Å². The van der Waals surface area contributed by atoms with Gasteiger partial charge in [-0.25, -0.2) is 13.1 Å². The predicted molar refractivity (Wildman–Crippen MR) is 75.3 cm³/mol. The maximum Gasteiger partial charge on any atom is 0.240 e. The monoisotopic (exact) mass is 314 g/mol. The van der Waals surface area contributed by atoms with Gasteiger partial charge in [0.05, 0.1) is 18.1 Å². The van der Waals surface area contributed by atoms with Crippen LogP contribution in [0.5, 0.6) is 5.75 Å². The molecule has 0 radical (unpaired) electrons. The van der Waals surface area contributed by atoms with Gasteiger partial charge < -0.3 is 14.7 Å². The lowest BCUT2D eigenvalue weighted by atomic mass is 10.3. The van der Waals surface area contributed by atoms with Crippen molar-refractivity contribution in [3.8, 4) is 5.75 Å². The van der Waals surface area contributed by atoms with Gasteiger partial charge in [-0.3, -0.25) is 4.79 Å². The van der Waals surface area contributed by atoms with E-state index >= 15 is 0 Å². The summed E-state index contributed by atoms with van der Waals surface area (Å²) in [5.74, 6) is -0.0943. The van der Waals surface area contributed by atoms with Crippen LogP contribution in [0.2, 0.25) is 0 Å². The molecule has 0 aliphatic carbocycles. The Labute approximate surface area is 123 Å². The second-order valence-electron chi connectivity index (χ2n) is 4.63. The van der Waals surface area contributed by atoms with E-state index in [0.29, 0.717) is 26.3 Å². The fourth-order valence-electron chi connectivity index (χ4n) is 1.97. The summed E-state index contributed by atoms with van der Waals surface area (Å²) in [6.45, 7) is 2.17. The number of sulfonamides is 1. The number of carbonyl (C=O) groups is 1. The topological polar surface area (TPSA) is 95.9 Å². The van der Waals surface area contributed by atoms with Crippen LogP contribution in [0.3, 0.4) is 0 Å². The van der Waals surface area contributed by atoms with E-state index in [1.54, 1.807) is 4.90 Å². The van der Waals surface area contributed by atoms with E-state index in [0.717, 1.165) is 0 Å². The summed E-state index contributed by atoms with van der Waals surface area (Å²) in [6.07, 6.45) is 0.108. The smallest absolute Gasteiger partial charge is 0.240 e. The van der Waals surface area contributed by atoms with Crippen molar-refractivity contribution in [2.75, 3.05) is 32.8 Å². The number of hydrogen-bond acceptors (Lipinski definition) is 5. The predicted octanol–water partition coefficient (Wildman–Crippen LogP) is -0.0806. The molecule has 21 heavy (non-hydrogen) atoms. The fraction of sp³-hybridized carbons (Fsp3) is 0.462. The zero-order valence-corrected chi connectivity index (χ0v) is 12.3. The molecule has 1 heterocycles. The van der Waals surface area contributed by atoms with E-state index < -0.39 is 10.0 Å². The van der Waals surface area contributed by atoms with E-state index in [4.69, 9.17) is 9.84 Å². The lowest BCUT2D eigenvalue weighted by Gasteiger charge is -2.26. The summed E-state index contributed by atoms with van der Waals surface area (Å²) in [7, 11) is -3.66. The molecule has 1 aromatic carbocycles. The number of ether oxygens (including phenoxy) is 1. The minimum Gasteiger partial charge on any atom is -0.508 e. The molecule has 2 N–H and O–H groups in total. The highest BCUT2D eigenvalue weighted by Gasteiger charge is 2.18. The standard InChI is InChI=1S/C13H18N2O5S/c16-11-1-3-12(4-2-11)21(18,19)14-6-5-13(17)15-7-9-20-10-8-15/h1-4,14,16H,5-10H2. The van der Waals surface area contributed by atoms with Crippen molar-refractivity contribution in [3.63, 3.8) is 0 Å². The molecule has 1 aromatic rings. The van der Waals surface area contributed by atoms with Crippen LogP contribution in [0.25, 0.3) is 0 Å². The molecule has 1 aliphatic heterocycles. The lowest BCUT2D eigenvalue weighted by molar-refractivity contribution is -0.135. The van der Waals surface area contributed by atoms with E-state index in [2.05, 4.69) is 4.72 Å². The van der Waals surface area contributed by atoms with Crippen LogP contribution in [-0.2, 0) is 19.6 Å². The van der Waals surface area contributed by atoms with Gasteiger partial charge in [0.1, 0.15) is 5.75 Å². The Morgan fingerprint density at radius 2 is 1.86 bits per heavy atom. The maximum atomic E-state index is 12.0. The summed E-state index contributed by atoms with van der Waals surface area (Å²) in [6, 6.07) is 5.21. The molecule has 1 fully saturated rings. The number of nitrogens with one attached hydrogen (secondary N) is 1. The van der Waals surface area contributed by atoms with E-state index in [1.807, 2.05) is 0 Å². The number of rotatable bonds is 5. The van der Waals surface area contributed by atoms with E-state index in [1.165, 1.54) is 24.3 Å². The molecule has 1 saturated heterocycles. The van der Waals surface area contributed by atoms with Crippen molar-refractivity contribution in [3.05, 3.63) is 24.3 Å². The van der Waals surface area contributed by atoms with Gasteiger partial charge in [-0.05, 0) is 24.3 Å². The van der Waals surface area contributed by atoms with Gasteiger partial charge in [0.2, 0.25) is 15.9 Å². The van der Waals surface area contributed by atoms with Crippen molar-refractivity contribution >= 4 is 15.9 Å². The van der Waals surface area contributed by atoms with Crippen LogP contribution >= 0.6 is 0 Å². The van der Waals surface area contributed by atoms with Crippen LogP contribution in [0.15, 0.2) is 29.2 Å². The molecule has 0 spiro atoms. The first-order chi connectivity index (χ1) is 9.99. The average Bonchev–Trinajstić information content (AvgIpc) is 2.48. The van der Waals surface area contributed by atoms with Gasteiger partial charge in [0, 0.05) is 26.1 Å². The zero-order valence-electron chi connectivity index (χ0n) is 11.5. The molecule has 0 saturated carbocycles. The third-order valence-electron chi connectivity index (χ3n) is 3.14. The Morgan fingerprint density at radius 1 is 1.24 bits per heavy atom. The number of nitrogens with zero attached hydrogens (tertiary/aromatic N) is 1. The normalized spacial score (nSPS) is 15.9. The lowest BCUT2D eigenvalue weighted by Crippen LogP contribution is -2.42. The molecule has 0 unspecified atom stereocenters. The quantitative estimate of drug-likeness (QED) is 0.792. The van der Waals surface area contributed by atoms with Crippen molar-refractivity contribution in [2.24, 2.45) is 0 Å². The van der Waals surface area contributed by atoms with Gasteiger partial charge in [-0.2, -0.15) is 0 Å². The van der Waals surface area contributed by atoms with Crippen molar-refractivity contribution in [2.45, 2.75) is 11.3 Å². The Balaban J connectivity index is 1.84. The summed E-state index contributed by atoms with van der Waals surface area (Å²) in [4.78, 5) is 13.6. The van der Waals surface area contributed by atoms with Crippen LogP contribution in [0.4, 0.5) is 0 Å². The van der Waals surface area contributed by atoms with Crippen LogP contribution in [0.1, 0.15) is 6.42 Å². The summed E-state index contributed by atoms with van der Waals surface area (Å²) < 4.78 is 31.5. The SMILES string of the molecule is O=C(CCNS(=O)(=O)c1ccc(O)cc1)N1CCOCC1. The van der Waals surface area contributed by atoms with Crippen molar-refractivity contribution < 1.29 is 23.1 Å². The second kappa shape index (κ2) is 6.88. The first kappa shape index (κ1) is 15.7. The van der Waals surface area contributed by atoms with Crippen LogP contribution < -0.4 is 4.72 Å². The minimum atomic E-state index is -3.66. The molecule has 8 heteroatoms. The fourth-order valence-corrected chi connectivity index (χ4v) is 3.00. The van der Waals surface area contributed by atoms with Crippen molar-refractivity contribution in [1.82, 2.24) is 9.62 Å². The Hall–Kier alpha value is -1.64. The Morgan fingerprint density at radius 3 is 2.48 bits per heavy atom. The Kier molecular flexibility index (Phi) is 5.16. The molecule has 1 amide bonds. The molecule has 0 aromatic heterocycles. The first-order valence-electron chi connectivity index (χ1n) is 6.63. The Bertz CT molecular complexity index is 579. The number of carbonyl (C=O) groups excluding carboxylic acids is 1. The number of aromatic hydroxyl groups is 1. The second-order valence-corrected chi connectivity index (χ2v) is 6.40. The third kappa shape index (κ3) is 4.42. The number of benzene rings is 1. The molecule has 1 aliphatic rings. The van der Waals surface area contributed by atoms with Gasteiger partial charge in [-0.1, -0.05) is 0 Å². The summed E-state index contributed by atoms with van der Waals surface area (Å²) >= 11 is 0. The van der Waals surface area contributed by atoms with Gasteiger partial charge in [0.15, 0.2) is 0 Å². The summed E-state index contributed by atoms with van der Waals surface area (Å²) in [5.41, 5.74) is 0. The highest BCUT2D eigenvalue weighted by molar-refractivity contribution is 7.89. The van der Waals surface area contributed by atoms with E-state index in [9.17, 15) is 13.2 Å². The highest BCUT2D eigenvalue weighted by atomic mass is 32.2. The van der Waals surface area contributed by atoms with Crippen molar-refractivity contribution in [1.29, 1.82) is 0 Å². The van der Waals surface area contributed by atoms with Gasteiger partial charge in [-0.15, -0.1) is 0 Å². The van der Waals surface area contributed by atoms with Crippen LogP contribution in [0, 0.1) is 0 Å². The number of morpholine rings is 1. The highest BCUT2D eigenvalue weighted by Crippen LogP contribution is 2.14. The molecule has 0 atom stereocenters. The molecule has 0 bridgehead atoms. The molecule has 2 rings (SSSR count). The van der Waals surface area contributed by atoms with Gasteiger partial charge in [0.25, 0.3) is 0 Å². The number of hydrogen-bond donors (Lipinski definition) is 2. The average molecular weight is 314 g/mol. The number of amides is 1. The first-order valence-corrected chi connectivity index (χ1v) is 8.11. The maximum absolute atomic E-state index is 12.0. The summed E-state index contributed by atoms with van der Waals surface area (Å²) in [5, 5.41) is 9.14. The third-order valence-corrected chi connectivity index (χ3v) is 4.62. The molecular formula is C13H18N2O5S. The largest absolute Gasteiger partial charge is 0.508 e. The number of phenolic OH excluding ortho intramolecular Hbond substituents is 1. The number of phenols is 1. The van der Waals surface area contributed by atoms with Crippen LogP contribution in [-0.4, -0.2) is 57.2 Å².